The smallest absolute Gasteiger partial charge is 0.309 e. The van der Waals surface area contributed by atoms with E-state index in [2.05, 4.69) is 29.1 Å². The highest BCUT2D eigenvalue weighted by Gasteiger charge is 2.26. The van der Waals surface area contributed by atoms with E-state index in [0.717, 1.165) is 37.4 Å². The van der Waals surface area contributed by atoms with E-state index >= 15 is 0 Å². The molecule has 0 bridgehead atoms. The lowest BCUT2D eigenvalue weighted by Crippen LogP contribution is -2.38. The van der Waals surface area contributed by atoms with Crippen LogP contribution in [0.2, 0.25) is 0 Å². The van der Waals surface area contributed by atoms with Gasteiger partial charge in [-0.2, -0.15) is 5.10 Å². The topological polar surface area (TPSA) is 52.3 Å². The highest BCUT2D eigenvalue weighted by Crippen LogP contribution is 2.20. The van der Waals surface area contributed by atoms with Crippen molar-refractivity contribution in [3.63, 3.8) is 0 Å². The maximum Gasteiger partial charge on any atom is 0.309 e. The van der Waals surface area contributed by atoms with Crippen LogP contribution in [0, 0.1) is 24.5 Å². The second-order valence-corrected chi connectivity index (χ2v) is 7.10. The second kappa shape index (κ2) is 8.14. The number of aromatic nitrogens is 3. The largest absolute Gasteiger partial charge is 0.466 e. The van der Waals surface area contributed by atoms with Crippen LogP contribution in [0.25, 0.3) is 5.69 Å². The van der Waals surface area contributed by atoms with Gasteiger partial charge >= 0.3 is 5.97 Å². The van der Waals surface area contributed by atoms with Gasteiger partial charge in [-0.25, -0.2) is 4.68 Å². The summed E-state index contributed by atoms with van der Waals surface area (Å²) < 4.78 is 9.74. The molecule has 1 aliphatic rings. The van der Waals surface area contributed by atoms with Crippen molar-refractivity contribution in [2.75, 3.05) is 19.7 Å². The van der Waals surface area contributed by atoms with Crippen LogP contribution in [0.5, 0.6) is 0 Å². The Bertz CT molecular complexity index is 834. The first-order chi connectivity index (χ1) is 12.5. The SMILES string of the molecule is CCOC(=O)C1CCN(Cn2nc(C)n(-c3ccccc3C)c2=S)CC1. The number of piperidine rings is 1. The second-order valence-electron chi connectivity index (χ2n) is 6.74. The van der Waals surface area contributed by atoms with E-state index in [1.807, 2.05) is 35.2 Å². The number of hydrogen-bond acceptors (Lipinski definition) is 5. The van der Waals surface area contributed by atoms with E-state index in [9.17, 15) is 4.79 Å². The summed E-state index contributed by atoms with van der Waals surface area (Å²) in [6.45, 7) is 8.70. The lowest BCUT2D eigenvalue weighted by Gasteiger charge is -2.30. The van der Waals surface area contributed by atoms with Crippen LogP contribution in [0.3, 0.4) is 0 Å². The number of nitrogens with zero attached hydrogens (tertiary/aromatic N) is 4. The minimum Gasteiger partial charge on any atom is -0.466 e. The van der Waals surface area contributed by atoms with Crippen molar-refractivity contribution < 1.29 is 9.53 Å². The van der Waals surface area contributed by atoms with E-state index in [-0.39, 0.29) is 11.9 Å². The molecule has 0 N–H and O–H groups in total. The van der Waals surface area contributed by atoms with Crippen LogP contribution >= 0.6 is 12.2 Å². The molecule has 140 valence electrons. The standard InChI is InChI=1S/C19H26N4O2S/c1-4-25-18(24)16-9-11-21(12-10-16)13-22-19(26)23(15(3)20-22)17-8-6-5-7-14(17)2/h5-8,16H,4,9-13H2,1-3H3. The average Bonchev–Trinajstić information content (AvgIpc) is 2.90. The van der Waals surface area contributed by atoms with Crippen molar-refractivity contribution in [1.82, 2.24) is 19.2 Å². The summed E-state index contributed by atoms with van der Waals surface area (Å²) in [7, 11) is 0. The quantitative estimate of drug-likeness (QED) is 0.594. The molecule has 0 aliphatic carbocycles. The van der Waals surface area contributed by atoms with Crippen LogP contribution in [0.15, 0.2) is 24.3 Å². The number of aryl methyl sites for hydroxylation is 2. The number of para-hydroxylation sites is 1. The molecule has 7 heteroatoms. The van der Waals surface area contributed by atoms with Gasteiger partial charge < -0.3 is 4.74 Å². The number of rotatable bonds is 5. The van der Waals surface area contributed by atoms with E-state index in [0.29, 0.717) is 18.0 Å². The van der Waals surface area contributed by atoms with E-state index in [4.69, 9.17) is 17.0 Å². The maximum atomic E-state index is 11.9. The summed E-state index contributed by atoms with van der Waals surface area (Å²) in [6.07, 6.45) is 1.65. The predicted molar refractivity (Wildman–Crippen MR) is 103 cm³/mol. The molecular formula is C19H26N4O2S. The third kappa shape index (κ3) is 3.88. The Kier molecular flexibility index (Phi) is 5.88. The van der Waals surface area contributed by atoms with Crippen LogP contribution in [-0.2, 0) is 16.2 Å². The van der Waals surface area contributed by atoms with Crippen LogP contribution in [0.4, 0.5) is 0 Å². The van der Waals surface area contributed by atoms with Crippen molar-refractivity contribution in [2.24, 2.45) is 5.92 Å². The van der Waals surface area contributed by atoms with Crippen LogP contribution < -0.4 is 0 Å². The van der Waals surface area contributed by atoms with Gasteiger partial charge in [0.05, 0.1) is 24.9 Å². The molecule has 1 aliphatic heterocycles. The zero-order valence-corrected chi connectivity index (χ0v) is 16.5. The first-order valence-electron chi connectivity index (χ1n) is 9.12. The van der Waals surface area contributed by atoms with Crippen LogP contribution in [0.1, 0.15) is 31.2 Å². The summed E-state index contributed by atoms with van der Waals surface area (Å²) >= 11 is 5.68. The van der Waals surface area contributed by atoms with Gasteiger partial charge in [-0.15, -0.1) is 0 Å². The number of esters is 1. The summed E-state index contributed by atoms with van der Waals surface area (Å²) in [5.74, 6) is 0.833. The minimum absolute atomic E-state index is 0.0189. The molecule has 2 heterocycles. The van der Waals surface area contributed by atoms with Gasteiger partial charge in [0.25, 0.3) is 0 Å². The number of hydrogen-bond donors (Lipinski definition) is 0. The molecule has 3 rings (SSSR count). The summed E-state index contributed by atoms with van der Waals surface area (Å²) in [5.41, 5.74) is 2.24. The summed E-state index contributed by atoms with van der Waals surface area (Å²) in [4.78, 5) is 14.2. The third-order valence-electron chi connectivity index (χ3n) is 4.90. The molecule has 0 spiro atoms. The Morgan fingerprint density at radius 3 is 2.62 bits per heavy atom. The molecule has 26 heavy (non-hydrogen) atoms. The van der Waals surface area contributed by atoms with E-state index < -0.39 is 0 Å². The van der Waals surface area contributed by atoms with E-state index in [1.165, 1.54) is 5.56 Å². The predicted octanol–water partition coefficient (Wildman–Crippen LogP) is 3.25. The number of benzene rings is 1. The zero-order chi connectivity index (χ0) is 18.7. The lowest BCUT2D eigenvalue weighted by atomic mass is 9.97. The fraction of sp³-hybridized carbons (Fsp3) is 0.526. The molecule has 1 saturated heterocycles. The van der Waals surface area contributed by atoms with Gasteiger partial charge in [0.2, 0.25) is 4.77 Å². The van der Waals surface area contributed by atoms with Gasteiger partial charge in [-0.1, -0.05) is 18.2 Å². The molecule has 0 saturated carbocycles. The molecule has 0 atom stereocenters. The minimum atomic E-state index is -0.0663. The first-order valence-corrected chi connectivity index (χ1v) is 9.53. The van der Waals surface area contributed by atoms with Crippen LogP contribution in [-0.4, -0.2) is 44.9 Å². The van der Waals surface area contributed by atoms with Crippen molar-refractivity contribution in [3.8, 4) is 5.69 Å². The van der Waals surface area contributed by atoms with Crippen molar-refractivity contribution in [2.45, 2.75) is 40.3 Å². The van der Waals surface area contributed by atoms with Gasteiger partial charge in [0.15, 0.2) is 0 Å². The number of ether oxygens (including phenoxy) is 1. The number of likely N-dealkylation sites (tertiary alicyclic amines) is 1. The molecule has 1 aromatic carbocycles. The summed E-state index contributed by atoms with van der Waals surface area (Å²) in [6, 6.07) is 8.18. The average molecular weight is 375 g/mol. The zero-order valence-electron chi connectivity index (χ0n) is 15.6. The van der Waals surface area contributed by atoms with Crippen molar-refractivity contribution in [3.05, 3.63) is 40.4 Å². The molecule has 1 fully saturated rings. The third-order valence-corrected chi connectivity index (χ3v) is 5.29. The Morgan fingerprint density at radius 1 is 1.27 bits per heavy atom. The molecule has 2 aromatic rings. The monoisotopic (exact) mass is 374 g/mol. The fourth-order valence-corrected chi connectivity index (χ4v) is 3.79. The van der Waals surface area contributed by atoms with E-state index in [1.54, 1.807) is 0 Å². The van der Waals surface area contributed by atoms with Crippen molar-refractivity contribution >= 4 is 18.2 Å². The molecule has 0 amide bonds. The maximum absolute atomic E-state index is 11.9. The van der Waals surface area contributed by atoms with Crippen molar-refractivity contribution in [1.29, 1.82) is 0 Å². The first kappa shape index (κ1) is 18.8. The molecule has 1 aromatic heterocycles. The van der Waals surface area contributed by atoms with Gasteiger partial charge in [-0.3, -0.25) is 14.3 Å². The normalized spacial score (nSPS) is 16.0. The fourth-order valence-electron chi connectivity index (χ4n) is 3.46. The Labute approximate surface area is 159 Å². The number of carbonyl (C=O) groups excluding carboxylic acids is 1. The molecule has 0 unspecified atom stereocenters. The highest BCUT2D eigenvalue weighted by molar-refractivity contribution is 7.71. The Balaban J connectivity index is 1.71. The number of carbonyl (C=O) groups is 1. The lowest BCUT2D eigenvalue weighted by molar-refractivity contribution is -0.149. The van der Waals surface area contributed by atoms with Gasteiger partial charge in [0, 0.05) is 13.1 Å². The molecule has 0 radical (unpaired) electrons. The van der Waals surface area contributed by atoms with Gasteiger partial charge in [0.1, 0.15) is 5.82 Å². The van der Waals surface area contributed by atoms with Gasteiger partial charge in [-0.05, 0) is 57.5 Å². The molecule has 6 nitrogen and oxygen atoms in total. The highest BCUT2D eigenvalue weighted by atomic mass is 32.1. The Hall–Kier alpha value is -1.99. The summed E-state index contributed by atoms with van der Waals surface area (Å²) in [5, 5.41) is 4.65. The molecular weight excluding hydrogens is 348 g/mol. The Morgan fingerprint density at radius 2 is 1.96 bits per heavy atom.